The SMILES string of the molecule is CCOC(=O)c1nc2sc3c(c2c(=O)n1C)CC[C@@H](C)C3. The lowest BCUT2D eigenvalue weighted by Gasteiger charge is -2.17. The molecule has 0 N–H and O–H groups in total. The van der Waals surface area contributed by atoms with Gasteiger partial charge in [0.15, 0.2) is 0 Å². The standard InChI is InChI=1S/C15H18N2O3S/c1-4-20-15(19)12-16-13-11(14(18)17(12)3)9-6-5-8(2)7-10(9)21-13/h8H,4-7H2,1-3H3/t8-/m1/s1. The summed E-state index contributed by atoms with van der Waals surface area (Å²) in [5, 5.41) is 0.692. The molecular formula is C15H18N2O3S. The Morgan fingerprint density at radius 3 is 3.00 bits per heavy atom. The van der Waals surface area contributed by atoms with Gasteiger partial charge >= 0.3 is 5.97 Å². The van der Waals surface area contributed by atoms with Crippen molar-refractivity contribution in [2.45, 2.75) is 33.1 Å². The van der Waals surface area contributed by atoms with Crippen molar-refractivity contribution in [3.05, 3.63) is 26.6 Å². The first-order chi connectivity index (χ1) is 10.0. The van der Waals surface area contributed by atoms with E-state index in [-0.39, 0.29) is 18.0 Å². The molecule has 0 spiro atoms. The van der Waals surface area contributed by atoms with Crippen molar-refractivity contribution in [2.24, 2.45) is 13.0 Å². The van der Waals surface area contributed by atoms with Gasteiger partial charge in [0.1, 0.15) is 4.83 Å². The zero-order chi connectivity index (χ0) is 15.1. The molecule has 1 atom stereocenters. The predicted octanol–water partition coefficient (Wildman–Crippen LogP) is 2.30. The lowest BCUT2D eigenvalue weighted by molar-refractivity contribution is 0.0506. The summed E-state index contributed by atoms with van der Waals surface area (Å²) in [6, 6.07) is 0. The van der Waals surface area contributed by atoms with Gasteiger partial charge in [0, 0.05) is 11.9 Å². The maximum Gasteiger partial charge on any atom is 0.374 e. The van der Waals surface area contributed by atoms with Crippen molar-refractivity contribution < 1.29 is 9.53 Å². The zero-order valence-corrected chi connectivity index (χ0v) is 13.2. The van der Waals surface area contributed by atoms with Gasteiger partial charge in [-0.1, -0.05) is 6.92 Å². The minimum absolute atomic E-state index is 0.0843. The number of nitrogens with zero attached hydrogens (tertiary/aromatic N) is 2. The molecule has 0 fully saturated rings. The summed E-state index contributed by atoms with van der Waals surface area (Å²) in [7, 11) is 1.58. The molecule has 2 aromatic rings. The van der Waals surface area contributed by atoms with Gasteiger partial charge in [-0.05, 0) is 37.7 Å². The fourth-order valence-corrected chi connectivity index (χ4v) is 4.22. The summed E-state index contributed by atoms with van der Waals surface area (Å²) in [4.78, 5) is 30.8. The quantitative estimate of drug-likeness (QED) is 0.799. The average molecular weight is 306 g/mol. The lowest BCUT2D eigenvalue weighted by atomic mass is 9.89. The summed E-state index contributed by atoms with van der Waals surface area (Å²) in [5.41, 5.74) is 0.992. The summed E-state index contributed by atoms with van der Waals surface area (Å²) < 4.78 is 6.29. The largest absolute Gasteiger partial charge is 0.460 e. The number of fused-ring (bicyclic) bond motifs is 3. The Kier molecular flexibility index (Phi) is 3.57. The first kappa shape index (κ1) is 14.3. The van der Waals surface area contributed by atoms with E-state index >= 15 is 0 Å². The van der Waals surface area contributed by atoms with Gasteiger partial charge in [-0.25, -0.2) is 9.78 Å². The van der Waals surface area contributed by atoms with Crippen LogP contribution in [0, 0.1) is 5.92 Å². The molecule has 1 aliphatic rings. The Hall–Kier alpha value is -1.69. The van der Waals surface area contributed by atoms with Crippen molar-refractivity contribution in [1.29, 1.82) is 0 Å². The molecule has 0 aromatic carbocycles. The maximum atomic E-state index is 12.6. The van der Waals surface area contributed by atoms with Gasteiger partial charge in [0.05, 0.1) is 12.0 Å². The van der Waals surface area contributed by atoms with Crippen molar-refractivity contribution in [1.82, 2.24) is 9.55 Å². The molecule has 0 saturated heterocycles. The molecule has 0 unspecified atom stereocenters. The molecule has 0 amide bonds. The number of esters is 1. The Morgan fingerprint density at radius 1 is 1.52 bits per heavy atom. The topological polar surface area (TPSA) is 61.2 Å². The minimum atomic E-state index is -0.543. The first-order valence-electron chi connectivity index (χ1n) is 7.21. The Bertz CT molecular complexity index is 775. The number of carbonyl (C=O) groups is 1. The van der Waals surface area contributed by atoms with E-state index in [0.29, 0.717) is 16.1 Å². The van der Waals surface area contributed by atoms with Crippen LogP contribution in [0.2, 0.25) is 0 Å². The summed E-state index contributed by atoms with van der Waals surface area (Å²) in [5.74, 6) is 0.179. The van der Waals surface area contributed by atoms with Crippen LogP contribution < -0.4 is 5.56 Å². The van der Waals surface area contributed by atoms with E-state index in [4.69, 9.17) is 4.74 Å². The van der Waals surface area contributed by atoms with Crippen LogP contribution in [-0.2, 0) is 24.6 Å². The van der Waals surface area contributed by atoms with Crippen LogP contribution in [0.3, 0.4) is 0 Å². The van der Waals surface area contributed by atoms with Crippen LogP contribution in [0.25, 0.3) is 10.2 Å². The molecule has 0 bridgehead atoms. The van der Waals surface area contributed by atoms with Gasteiger partial charge in [0.2, 0.25) is 5.82 Å². The van der Waals surface area contributed by atoms with Gasteiger partial charge in [0.25, 0.3) is 5.56 Å². The van der Waals surface area contributed by atoms with Crippen molar-refractivity contribution in [3.63, 3.8) is 0 Å². The second kappa shape index (κ2) is 5.26. The van der Waals surface area contributed by atoms with E-state index in [1.807, 2.05) is 0 Å². The summed E-state index contributed by atoms with van der Waals surface area (Å²) in [6.07, 6.45) is 3.02. The first-order valence-corrected chi connectivity index (χ1v) is 8.03. The normalized spacial score (nSPS) is 17.8. The third-order valence-corrected chi connectivity index (χ3v) is 5.14. The Balaban J connectivity index is 2.22. The number of hydrogen-bond acceptors (Lipinski definition) is 5. The van der Waals surface area contributed by atoms with Crippen LogP contribution in [0.5, 0.6) is 0 Å². The smallest absolute Gasteiger partial charge is 0.374 e. The number of aryl methyl sites for hydroxylation is 1. The third-order valence-electron chi connectivity index (χ3n) is 3.99. The van der Waals surface area contributed by atoms with E-state index < -0.39 is 5.97 Å². The Morgan fingerprint density at radius 2 is 2.29 bits per heavy atom. The van der Waals surface area contributed by atoms with Gasteiger partial charge in [-0.15, -0.1) is 11.3 Å². The molecule has 21 heavy (non-hydrogen) atoms. The molecule has 2 heterocycles. The number of hydrogen-bond donors (Lipinski definition) is 0. The van der Waals surface area contributed by atoms with Gasteiger partial charge in [-0.2, -0.15) is 0 Å². The highest BCUT2D eigenvalue weighted by Gasteiger charge is 2.25. The molecule has 1 aliphatic carbocycles. The summed E-state index contributed by atoms with van der Waals surface area (Å²) >= 11 is 1.54. The zero-order valence-electron chi connectivity index (χ0n) is 12.4. The maximum absolute atomic E-state index is 12.6. The molecule has 0 saturated carbocycles. The summed E-state index contributed by atoms with van der Waals surface area (Å²) in [6.45, 7) is 4.23. The average Bonchev–Trinajstić information content (AvgIpc) is 2.80. The van der Waals surface area contributed by atoms with Crippen molar-refractivity contribution >= 4 is 27.5 Å². The number of rotatable bonds is 2. The lowest BCUT2D eigenvalue weighted by Crippen LogP contribution is -2.26. The molecular weight excluding hydrogens is 288 g/mol. The second-order valence-electron chi connectivity index (χ2n) is 5.55. The van der Waals surface area contributed by atoms with Crippen LogP contribution in [0.4, 0.5) is 0 Å². The molecule has 3 rings (SSSR count). The molecule has 0 aliphatic heterocycles. The second-order valence-corrected chi connectivity index (χ2v) is 6.64. The van der Waals surface area contributed by atoms with Crippen LogP contribution in [0.15, 0.2) is 4.79 Å². The third kappa shape index (κ3) is 2.27. The molecule has 112 valence electrons. The molecule has 0 radical (unpaired) electrons. The van der Waals surface area contributed by atoms with E-state index in [1.165, 1.54) is 9.44 Å². The Labute approximate surface area is 126 Å². The van der Waals surface area contributed by atoms with E-state index in [9.17, 15) is 9.59 Å². The van der Waals surface area contributed by atoms with E-state index in [0.717, 1.165) is 24.8 Å². The van der Waals surface area contributed by atoms with Crippen LogP contribution in [0.1, 0.15) is 41.3 Å². The fraction of sp³-hybridized carbons (Fsp3) is 0.533. The molecule has 5 nitrogen and oxygen atoms in total. The van der Waals surface area contributed by atoms with Gasteiger partial charge in [-0.3, -0.25) is 9.36 Å². The number of thiophene rings is 1. The van der Waals surface area contributed by atoms with E-state index in [1.54, 1.807) is 25.3 Å². The van der Waals surface area contributed by atoms with Crippen LogP contribution >= 0.6 is 11.3 Å². The highest BCUT2D eigenvalue weighted by atomic mass is 32.1. The number of aromatic nitrogens is 2. The molecule has 2 aromatic heterocycles. The van der Waals surface area contributed by atoms with Crippen molar-refractivity contribution in [2.75, 3.05) is 6.61 Å². The monoisotopic (exact) mass is 306 g/mol. The van der Waals surface area contributed by atoms with E-state index in [2.05, 4.69) is 11.9 Å². The molecule has 6 heteroatoms. The van der Waals surface area contributed by atoms with Gasteiger partial charge < -0.3 is 4.74 Å². The highest BCUT2D eigenvalue weighted by Crippen LogP contribution is 2.35. The number of carbonyl (C=O) groups excluding carboxylic acids is 1. The minimum Gasteiger partial charge on any atom is -0.460 e. The van der Waals surface area contributed by atoms with Crippen molar-refractivity contribution in [3.8, 4) is 0 Å². The number of ether oxygens (including phenoxy) is 1. The predicted molar refractivity (Wildman–Crippen MR) is 82.0 cm³/mol. The fourth-order valence-electron chi connectivity index (χ4n) is 2.85. The van der Waals surface area contributed by atoms with Crippen LogP contribution in [-0.4, -0.2) is 22.1 Å². The highest BCUT2D eigenvalue weighted by molar-refractivity contribution is 7.18.